The Kier molecular flexibility index (Phi) is 5.04. The molecule has 6 heteroatoms. The summed E-state index contributed by atoms with van der Waals surface area (Å²) in [5.41, 5.74) is 3.93. The number of aromatic amines is 1. The molecule has 1 atom stereocenters. The maximum Gasteiger partial charge on any atom is 0.257 e. The summed E-state index contributed by atoms with van der Waals surface area (Å²) in [4.78, 5) is 35.9. The zero-order valence-corrected chi connectivity index (χ0v) is 18.4. The average Bonchev–Trinajstić information content (AvgIpc) is 2.66. The van der Waals surface area contributed by atoms with Gasteiger partial charge in [-0.2, -0.15) is 0 Å². The van der Waals surface area contributed by atoms with Crippen LogP contribution in [0.2, 0.25) is 0 Å². The molecule has 4 rings (SSSR count). The van der Waals surface area contributed by atoms with Crippen LogP contribution in [-0.2, 0) is 4.79 Å². The van der Waals surface area contributed by atoms with E-state index in [2.05, 4.69) is 60.0 Å². The van der Waals surface area contributed by atoms with Crippen molar-refractivity contribution < 1.29 is 4.79 Å². The summed E-state index contributed by atoms with van der Waals surface area (Å²) >= 11 is 0. The molecule has 1 aliphatic carbocycles. The first-order valence-electron chi connectivity index (χ1n) is 10.7. The first-order chi connectivity index (χ1) is 14.2. The Labute approximate surface area is 177 Å². The molecule has 0 radical (unpaired) electrons. The Morgan fingerprint density at radius 3 is 2.40 bits per heavy atom. The lowest BCUT2D eigenvalue weighted by molar-refractivity contribution is -0.118. The van der Waals surface area contributed by atoms with E-state index in [4.69, 9.17) is 0 Å². The number of carbonyl (C=O) groups is 1. The van der Waals surface area contributed by atoms with E-state index in [0.29, 0.717) is 29.2 Å². The number of nitrogens with one attached hydrogen (secondary N) is 2. The summed E-state index contributed by atoms with van der Waals surface area (Å²) in [7, 11) is 0. The summed E-state index contributed by atoms with van der Waals surface area (Å²) in [5, 5.41) is 3.33. The molecule has 2 aliphatic rings. The van der Waals surface area contributed by atoms with Gasteiger partial charge >= 0.3 is 0 Å². The molecule has 30 heavy (non-hydrogen) atoms. The third-order valence-electron chi connectivity index (χ3n) is 6.20. The van der Waals surface area contributed by atoms with Crippen LogP contribution in [0.15, 0.2) is 40.3 Å². The van der Waals surface area contributed by atoms with Gasteiger partial charge in [0.25, 0.3) is 5.56 Å². The van der Waals surface area contributed by atoms with Crippen LogP contribution in [0.3, 0.4) is 0 Å². The number of carbonyl (C=O) groups excluding carboxylic acids is 1. The van der Waals surface area contributed by atoms with E-state index in [-0.39, 0.29) is 16.8 Å². The fourth-order valence-electron chi connectivity index (χ4n) is 4.83. The lowest BCUT2D eigenvalue weighted by atomic mass is 9.69. The second kappa shape index (κ2) is 7.42. The van der Waals surface area contributed by atoms with Crippen molar-refractivity contribution in [1.29, 1.82) is 0 Å². The van der Waals surface area contributed by atoms with Crippen LogP contribution >= 0.6 is 0 Å². The molecule has 1 aromatic carbocycles. The number of fused-ring (bicyclic) bond motifs is 1. The molecule has 2 heterocycles. The van der Waals surface area contributed by atoms with E-state index in [9.17, 15) is 9.59 Å². The maximum atomic E-state index is 13.2. The SMILES string of the molecule is CCN(CC)c1ccc(C2C3=C(CC(C)(C)CC3=O)Nc3nc(C)[nH]c(=O)c32)cc1. The predicted octanol–water partition coefficient (Wildman–Crippen LogP) is 4.13. The normalized spacial score (nSPS) is 19.8. The Balaban J connectivity index is 1.89. The number of aryl methyl sites for hydroxylation is 1. The molecule has 2 aromatic rings. The molecule has 2 N–H and O–H groups in total. The highest BCUT2D eigenvalue weighted by atomic mass is 16.1. The van der Waals surface area contributed by atoms with Gasteiger partial charge in [-0.3, -0.25) is 9.59 Å². The van der Waals surface area contributed by atoms with Gasteiger partial charge in [-0.1, -0.05) is 26.0 Å². The van der Waals surface area contributed by atoms with E-state index in [0.717, 1.165) is 36.5 Å². The molecular formula is C24H30N4O2. The summed E-state index contributed by atoms with van der Waals surface area (Å²) in [6, 6.07) is 8.25. The predicted molar refractivity (Wildman–Crippen MR) is 120 cm³/mol. The van der Waals surface area contributed by atoms with Crippen LogP contribution < -0.4 is 15.8 Å². The number of nitrogens with zero attached hydrogens (tertiary/aromatic N) is 2. The highest BCUT2D eigenvalue weighted by Gasteiger charge is 2.42. The average molecular weight is 407 g/mol. The van der Waals surface area contributed by atoms with E-state index < -0.39 is 5.92 Å². The first kappa shape index (κ1) is 20.4. The number of aromatic nitrogens is 2. The number of ketones is 1. The first-order valence-corrected chi connectivity index (χ1v) is 10.7. The van der Waals surface area contributed by atoms with E-state index in [1.807, 2.05) is 12.1 Å². The summed E-state index contributed by atoms with van der Waals surface area (Å²) in [6.45, 7) is 12.1. The molecule has 0 amide bonds. The standard InChI is InChI=1S/C24H30N4O2/c1-6-28(7-2)16-10-8-15(9-11-16)19-20-17(12-24(4,5)13-18(20)29)27-22-21(19)23(30)26-14(3)25-22/h8-11,19H,6-7,12-13H2,1-5H3,(H2,25,26,27,30). The van der Waals surface area contributed by atoms with Crippen molar-refractivity contribution in [2.24, 2.45) is 5.41 Å². The Morgan fingerprint density at radius 2 is 1.77 bits per heavy atom. The maximum absolute atomic E-state index is 13.2. The van der Waals surface area contributed by atoms with Gasteiger partial charge in [-0.15, -0.1) is 0 Å². The fourth-order valence-corrected chi connectivity index (χ4v) is 4.83. The largest absolute Gasteiger partial charge is 0.372 e. The number of hydrogen-bond acceptors (Lipinski definition) is 5. The fraction of sp³-hybridized carbons (Fsp3) is 0.458. The van der Waals surface area contributed by atoms with Crippen LogP contribution in [0.5, 0.6) is 0 Å². The number of allylic oxidation sites excluding steroid dienone is 2. The van der Waals surface area contributed by atoms with Gasteiger partial charge in [0.1, 0.15) is 11.6 Å². The van der Waals surface area contributed by atoms with Crippen molar-refractivity contribution >= 4 is 17.3 Å². The van der Waals surface area contributed by atoms with Gasteiger partial charge in [-0.25, -0.2) is 4.98 Å². The van der Waals surface area contributed by atoms with E-state index in [1.165, 1.54) is 0 Å². The molecule has 0 saturated carbocycles. The highest BCUT2D eigenvalue weighted by molar-refractivity contribution is 6.01. The smallest absolute Gasteiger partial charge is 0.257 e. The van der Waals surface area contributed by atoms with Crippen LogP contribution in [0.25, 0.3) is 0 Å². The minimum atomic E-state index is -0.401. The number of hydrogen-bond donors (Lipinski definition) is 2. The third kappa shape index (κ3) is 3.44. The Bertz CT molecular complexity index is 1080. The van der Waals surface area contributed by atoms with Gasteiger partial charge < -0.3 is 15.2 Å². The quantitative estimate of drug-likeness (QED) is 0.798. The summed E-state index contributed by atoms with van der Waals surface area (Å²) < 4.78 is 0. The Hall–Kier alpha value is -2.89. The molecule has 1 aliphatic heterocycles. The van der Waals surface area contributed by atoms with Crippen LogP contribution in [0.4, 0.5) is 11.5 Å². The van der Waals surface area contributed by atoms with Crippen molar-refractivity contribution in [3.8, 4) is 0 Å². The monoisotopic (exact) mass is 406 g/mol. The molecule has 6 nitrogen and oxygen atoms in total. The second-order valence-electron chi connectivity index (χ2n) is 9.07. The number of Topliss-reactive ketones (excluding diaryl/α,β-unsaturated/α-hetero) is 1. The lowest BCUT2D eigenvalue weighted by Crippen LogP contribution is -2.37. The van der Waals surface area contributed by atoms with Gasteiger partial charge in [0.05, 0.1) is 5.56 Å². The number of benzene rings is 1. The Morgan fingerprint density at radius 1 is 1.10 bits per heavy atom. The molecule has 0 saturated heterocycles. The van der Waals surface area contributed by atoms with Gasteiger partial charge in [0.2, 0.25) is 0 Å². The van der Waals surface area contributed by atoms with Crippen molar-refractivity contribution in [3.63, 3.8) is 0 Å². The van der Waals surface area contributed by atoms with Gasteiger partial charge in [0, 0.05) is 42.4 Å². The topological polar surface area (TPSA) is 78.1 Å². The summed E-state index contributed by atoms with van der Waals surface area (Å²) in [5.74, 6) is 0.838. The van der Waals surface area contributed by atoms with Gasteiger partial charge in [0.15, 0.2) is 5.78 Å². The minimum absolute atomic E-state index is 0.109. The summed E-state index contributed by atoms with van der Waals surface area (Å²) in [6.07, 6.45) is 1.24. The number of H-pyrrole nitrogens is 1. The number of rotatable bonds is 4. The van der Waals surface area contributed by atoms with Gasteiger partial charge in [-0.05, 0) is 50.3 Å². The lowest BCUT2D eigenvalue weighted by Gasteiger charge is -2.38. The van der Waals surface area contributed by atoms with Crippen molar-refractivity contribution in [2.45, 2.75) is 53.4 Å². The van der Waals surface area contributed by atoms with Crippen molar-refractivity contribution in [1.82, 2.24) is 9.97 Å². The molecule has 1 aromatic heterocycles. The highest BCUT2D eigenvalue weighted by Crippen LogP contribution is 2.47. The van der Waals surface area contributed by atoms with E-state index >= 15 is 0 Å². The zero-order chi connectivity index (χ0) is 21.6. The zero-order valence-electron chi connectivity index (χ0n) is 18.4. The van der Waals surface area contributed by atoms with Crippen molar-refractivity contribution in [3.05, 3.63) is 62.8 Å². The minimum Gasteiger partial charge on any atom is -0.372 e. The molecule has 0 bridgehead atoms. The molecular weight excluding hydrogens is 376 g/mol. The molecule has 0 fully saturated rings. The molecule has 1 unspecified atom stereocenters. The van der Waals surface area contributed by atoms with Crippen LogP contribution in [0.1, 0.15) is 63.4 Å². The van der Waals surface area contributed by atoms with Crippen LogP contribution in [0, 0.1) is 12.3 Å². The third-order valence-corrected chi connectivity index (χ3v) is 6.20. The molecule has 0 spiro atoms. The molecule has 158 valence electrons. The second-order valence-corrected chi connectivity index (χ2v) is 9.07. The van der Waals surface area contributed by atoms with E-state index in [1.54, 1.807) is 6.92 Å². The van der Waals surface area contributed by atoms with Crippen molar-refractivity contribution in [2.75, 3.05) is 23.3 Å². The van der Waals surface area contributed by atoms with Crippen LogP contribution in [-0.4, -0.2) is 28.8 Å². The number of anilines is 2.